The minimum absolute atomic E-state index is 0.542. The maximum atomic E-state index is 5.67. The molecule has 2 aliphatic heterocycles. The molecule has 4 nitrogen and oxygen atoms in total. The van der Waals surface area contributed by atoms with Crippen LogP contribution in [0.5, 0.6) is 5.88 Å². The lowest BCUT2D eigenvalue weighted by atomic mass is 9.85. The normalized spacial score (nSPS) is 25.3. The molecule has 138 valence electrons. The van der Waals surface area contributed by atoms with Crippen LogP contribution in [0.1, 0.15) is 42.7 Å². The fourth-order valence-electron chi connectivity index (χ4n) is 4.60. The molecule has 2 aliphatic rings. The molecule has 2 saturated heterocycles. The quantitative estimate of drug-likeness (QED) is 0.705. The van der Waals surface area contributed by atoms with Gasteiger partial charge in [-0.25, -0.2) is 4.98 Å². The van der Waals surface area contributed by atoms with Crippen LogP contribution in [0, 0.1) is 0 Å². The van der Waals surface area contributed by atoms with E-state index in [2.05, 4.69) is 52.3 Å². The Bertz CT molecular complexity index is 692. The topological polar surface area (TPSA) is 34.6 Å². The minimum Gasteiger partial charge on any atom is -0.475 e. The second kappa shape index (κ2) is 8.19. The van der Waals surface area contributed by atoms with Crippen LogP contribution in [0.2, 0.25) is 0 Å². The van der Waals surface area contributed by atoms with E-state index in [0.29, 0.717) is 31.2 Å². The Morgan fingerprint density at radius 3 is 2.54 bits per heavy atom. The average molecular weight is 352 g/mol. The van der Waals surface area contributed by atoms with E-state index in [0.717, 1.165) is 12.5 Å². The molecule has 0 aliphatic carbocycles. The molecule has 4 heteroatoms. The van der Waals surface area contributed by atoms with Gasteiger partial charge in [-0.3, -0.25) is 4.90 Å². The first-order valence-corrected chi connectivity index (χ1v) is 9.71. The molecule has 0 N–H and O–H groups in total. The van der Waals surface area contributed by atoms with Crippen LogP contribution in [-0.4, -0.2) is 42.3 Å². The maximum Gasteiger partial charge on any atom is 0.213 e. The number of hydrogen-bond donors (Lipinski definition) is 0. The molecule has 1 aromatic heterocycles. The molecule has 0 radical (unpaired) electrons. The van der Waals surface area contributed by atoms with Crippen LogP contribution in [0.15, 0.2) is 48.7 Å². The fraction of sp³-hybridized carbons (Fsp3) is 0.500. The molecule has 2 aromatic rings. The van der Waals surface area contributed by atoms with Crippen LogP contribution in [0.25, 0.3) is 0 Å². The number of pyridine rings is 1. The zero-order valence-corrected chi connectivity index (χ0v) is 15.5. The molecule has 0 spiro atoms. The van der Waals surface area contributed by atoms with Crippen LogP contribution in [-0.2, 0) is 11.3 Å². The van der Waals surface area contributed by atoms with E-state index in [1.165, 1.54) is 36.8 Å². The molecule has 3 heterocycles. The van der Waals surface area contributed by atoms with E-state index in [1.807, 2.05) is 6.20 Å². The summed E-state index contributed by atoms with van der Waals surface area (Å²) < 4.78 is 10.7. The summed E-state index contributed by atoms with van der Waals surface area (Å²) in [5, 5.41) is 0. The van der Waals surface area contributed by atoms with E-state index in [4.69, 9.17) is 9.47 Å². The predicted molar refractivity (Wildman–Crippen MR) is 102 cm³/mol. The third-order valence-corrected chi connectivity index (χ3v) is 5.86. The van der Waals surface area contributed by atoms with Crippen molar-refractivity contribution in [1.29, 1.82) is 0 Å². The average Bonchev–Trinajstić information content (AvgIpc) is 2.91. The molecule has 2 bridgehead atoms. The van der Waals surface area contributed by atoms with Crippen molar-refractivity contribution in [2.24, 2.45) is 0 Å². The highest BCUT2D eigenvalue weighted by Crippen LogP contribution is 2.43. The van der Waals surface area contributed by atoms with Gasteiger partial charge < -0.3 is 9.47 Å². The third-order valence-electron chi connectivity index (χ3n) is 5.86. The summed E-state index contributed by atoms with van der Waals surface area (Å²) in [4.78, 5) is 7.03. The molecular weight excluding hydrogens is 324 g/mol. The first kappa shape index (κ1) is 17.5. The Hall–Kier alpha value is -1.91. The lowest BCUT2D eigenvalue weighted by Gasteiger charge is -2.39. The third kappa shape index (κ3) is 3.92. The molecule has 3 atom stereocenters. The molecule has 1 aromatic carbocycles. The van der Waals surface area contributed by atoms with Gasteiger partial charge in [0.1, 0.15) is 6.61 Å². The van der Waals surface area contributed by atoms with E-state index < -0.39 is 0 Å². The van der Waals surface area contributed by atoms with Crippen molar-refractivity contribution < 1.29 is 9.47 Å². The van der Waals surface area contributed by atoms with Crippen molar-refractivity contribution in [3.05, 3.63) is 59.8 Å². The molecule has 0 amide bonds. The fourth-order valence-corrected chi connectivity index (χ4v) is 4.60. The summed E-state index contributed by atoms with van der Waals surface area (Å²) in [6.45, 7) is 2.13. The summed E-state index contributed by atoms with van der Waals surface area (Å²) in [5.74, 6) is 1.42. The van der Waals surface area contributed by atoms with Gasteiger partial charge in [0.2, 0.25) is 5.88 Å². The SMILES string of the molecule is COCCOc1cc(CN2[C@@H]3CC[C@H]2CC(c2ccccc2)C3)ccn1. The number of methoxy groups -OCH3 is 1. The van der Waals surface area contributed by atoms with Gasteiger partial charge in [-0.15, -0.1) is 0 Å². The molecular formula is C22H28N2O2. The van der Waals surface area contributed by atoms with Gasteiger partial charge in [-0.1, -0.05) is 30.3 Å². The van der Waals surface area contributed by atoms with Crippen molar-refractivity contribution in [3.8, 4) is 5.88 Å². The van der Waals surface area contributed by atoms with Crippen LogP contribution < -0.4 is 4.74 Å². The summed E-state index contributed by atoms with van der Waals surface area (Å²) in [5.41, 5.74) is 2.81. The van der Waals surface area contributed by atoms with Crippen molar-refractivity contribution in [2.45, 2.75) is 50.2 Å². The summed E-state index contributed by atoms with van der Waals surface area (Å²) in [6, 6.07) is 16.7. The Kier molecular flexibility index (Phi) is 5.51. The highest BCUT2D eigenvalue weighted by atomic mass is 16.5. The summed E-state index contributed by atoms with van der Waals surface area (Å²) in [7, 11) is 1.68. The Morgan fingerprint density at radius 1 is 1.04 bits per heavy atom. The standard InChI is InChI=1S/C22H28N2O2/c1-25-11-12-26-22-13-17(9-10-23-22)16-24-20-7-8-21(24)15-19(14-20)18-5-3-2-4-6-18/h2-6,9-10,13,19-21H,7-8,11-12,14-16H2,1H3/t19?,20-,21+. The Balaban J connectivity index is 1.40. The molecule has 2 fully saturated rings. The largest absolute Gasteiger partial charge is 0.475 e. The van der Waals surface area contributed by atoms with E-state index in [1.54, 1.807) is 7.11 Å². The van der Waals surface area contributed by atoms with E-state index in [9.17, 15) is 0 Å². The lowest BCUT2D eigenvalue weighted by Crippen LogP contribution is -2.41. The van der Waals surface area contributed by atoms with Gasteiger partial charge in [-0.05, 0) is 48.8 Å². The number of rotatable bonds is 7. The number of fused-ring (bicyclic) bond motifs is 2. The van der Waals surface area contributed by atoms with Gasteiger partial charge in [0, 0.05) is 38.0 Å². The molecule has 0 saturated carbocycles. The van der Waals surface area contributed by atoms with Gasteiger partial charge in [0.15, 0.2) is 0 Å². The smallest absolute Gasteiger partial charge is 0.213 e. The van der Waals surface area contributed by atoms with Crippen molar-refractivity contribution in [2.75, 3.05) is 20.3 Å². The van der Waals surface area contributed by atoms with Gasteiger partial charge in [0.05, 0.1) is 6.61 Å². The highest BCUT2D eigenvalue weighted by molar-refractivity contribution is 5.24. The zero-order valence-electron chi connectivity index (χ0n) is 15.5. The number of piperidine rings is 1. The highest BCUT2D eigenvalue weighted by Gasteiger charge is 2.40. The number of aromatic nitrogens is 1. The zero-order chi connectivity index (χ0) is 17.8. The molecule has 26 heavy (non-hydrogen) atoms. The monoisotopic (exact) mass is 352 g/mol. The Labute approximate surface area is 156 Å². The van der Waals surface area contributed by atoms with Crippen molar-refractivity contribution >= 4 is 0 Å². The first-order valence-electron chi connectivity index (χ1n) is 9.71. The van der Waals surface area contributed by atoms with Crippen LogP contribution >= 0.6 is 0 Å². The number of ether oxygens (including phenoxy) is 2. The van der Waals surface area contributed by atoms with Crippen LogP contribution in [0.3, 0.4) is 0 Å². The van der Waals surface area contributed by atoms with E-state index in [-0.39, 0.29) is 0 Å². The lowest BCUT2D eigenvalue weighted by molar-refractivity contribution is 0.118. The number of nitrogens with zero attached hydrogens (tertiary/aromatic N) is 2. The molecule has 1 unspecified atom stereocenters. The second-order valence-corrected chi connectivity index (χ2v) is 7.48. The molecule has 4 rings (SSSR count). The summed E-state index contributed by atoms with van der Waals surface area (Å²) in [6.07, 6.45) is 7.08. The maximum absolute atomic E-state index is 5.67. The van der Waals surface area contributed by atoms with Gasteiger partial charge >= 0.3 is 0 Å². The van der Waals surface area contributed by atoms with Crippen molar-refractivity contribution in [3.63, 3.8) is 0 Å². The minimum atomic E-state index is 0.542. The van der Waals surface area contributed by atoms with Crippen LogP contribution in [0.4, 0.5) is 0 Å². The second-order valence-electron chi connectivity index (χ2n) is 7.48. The number of benzene rings is 1. The van der Waals surface area contributed by atoms with E-state index >= 15 is 0 Å². The Morgan fingerprint density at radius 2 is 1.81 bits per heavy atom. The predicted octanol–water partition coefficient (Wildman–Crippen LogP) is 4.02. The first-order chi connectivity index (χ1) is 12.8. The number of hydrogen-bond acceptors (Lipinski definition) is 4. The van der Waals surface area contributed by atoms with Gasteiger partial charge in [0.25, 0.3) is 0 Å². The van der Waals surface area contributed by atoms with Crippen molar-refractivity contribution in [1.82, 2.24) is 9.88 Å². The van der Waals surface area contributed by atoms with Gasteiger partial charge in [-0.2, -0.15) is 0 Å². The summed E-state index contributed by atoms with van der Waals surface area (Å²) >= 11 is 0.